The molecule has 3 rings (SSSR count). The first-order valence-electron chi connectivity index (χ1n) is 8.98. The van der Waals surface area contributed by atoms with Crippen LogP contribution in [-0.2, 0) is 6.54 Å². The van der Waals surface area contributed by atoms with Gasteiger partial charge in [-0.3, -0.25) is 14.8 Å². The lowest BCUT2D eigenvalue weighted by Crippen LogP contribution is -2.47. The van der Waals surface area contributed by atoms with Gasteiger partial charge in [-0.15, -0.1) is 0 Å². The second kappa shape index (κ2) is 8.66. The molecule has 1 aromatic carbocycles. The largest absolute Gasteiger partial charge is 0.332 e. The molecule has 0 unspecified atom stereocenters. The van der Waals surface area contributed by atoms with E-state index in [-0.39, 0.29) is 5.91 Å². The Balaban J connectivity index is 1.70. The number of carbonyl (C=O) groups excluding carboxylic acids is 1. The molecule has 26 heavy (non-hydrogen) atoms. The van der Waals surface area contributed by atoms with E-state index in [4.69, 9.17) is 11.6 Å². The first-order chi connectivity index (χ1) is 12.5. The molecule has 0 bridgehead atoms. The smallest absolute Gasteiger partial charge is 0.274 e. The third kappa shape index (κ3) is 4.84. The summed E-state index contributed by atoms with van der Waals surface area (Å²) in [5.41, 5.74) is 2.28. The molecular formula is C19H26ClN5O. The molecule has 2 aromatic rings. The number of aryl methyl sites for hydroxylation is 1. The number of aromatic nitrogens is 2. The number of hydrogen-bond acceptors (Lipinski definition) is 4. The van der Waals surface area contributed by atoms with Crippen molar-refractivity contribution in [2.24, 2.45) is 0 Å². The molecule has 7 heteroatoms. The van der Waals surface area contributed by atoms with Crippen molar-refractivity contribution in [3.63, 3.8) is 0 Å². The highest BCUT2D eigenvalue weighted by molar-refractivity contribution is 6.31. The standard InChI is InChI=1S/C19H26ClN5O/c1-15-13-18(22-21-15)19(26)25(14-16-5-3-4-6-17(16)20)12-11-24-9-7-23(2)8-10-24/h3-6,13H,7-12,14H2,1-2H3,(H,21,22). The van der Waals surface area contributed by atoms with Crippen molar-refractivity contribution in [2.75, 3.05) is 46.3 Å². The Bertz CT molecular complexity index is 739. The Morgan fingerprint density at radius 2 is 2.00 bits per heavy atom. The minimum Gasteiger partial charge on any atom is -0.332 e. The minimum absolute atomic E-state index is 0.0663. The molecule has 0 spiro atoms. The van der Waals surface area contributed by atoms with E-state index in [9.17, 15) is 4.79 Å². The van der Waals surface area contributed by atoms with Gasteiger partial charge in [0.1, 0.15) is 5.69 Å². The van der Waals surface area contributed by atoms with Gasteiger partial charge in [0.05, 0.1) is 0 Å². The Hall–Kier alpha value is -1.89. The van der Waals surface area contributed by atoms with Crippen LogP contribution in [0.5, 0.6) is 0 Å². The normalized spacial score (nSPS) is 16.0. The second-order valence-electron chi connectivity index (χ2n) is 6.90. The van der Waals surface area contributed by atoms with Crippen LogP contribution in [-0.4, -0.2) is 77.1 Å². The summed E-state index contributed by atoms with van der Waals surface area (Å²) in [6, 6.07) is 9.47. The summed E-state index contributed by atoms with van der Waals surface area (Å²) >= 11 is 6.31. The van der Waals surface area contributed by atoms with E-state index in [1.165, 1.54) is 0 Å². The number of nitrogens with one attached hydrogen (secondary N) is 1. The van der Waals surface area contributed by atoms with Crippen LogP contribution >= 0.6 is 11.6 Å². The van der Waals surface area contributed by atoms with Gasteiger partial charge in [-0.2, -0.15) is 5.10 Å². The van der Waals surface area contributed by atoms with E-state index in [1.807, 2.05) is 36.1 Å². The zero-order valence-electron chi connectivity index (χ0n) is 15.4. The summed E-state index contributed by atoms with van der Waals surface area (Å²) in [7, 11) is 2.14. The number of piperazine rings is 1. The molecule has 0 saturated carbocycles. The van der Waals surface area contributed by atoms with E-state index >= 15 is 0 Å². The summed E-state index contributed by atoms with van der Waals surface area (Å²) in [4.78, 5) is 19.5. The van der Waals surface area contributed by atoms with E-state index in [0.29, 0.717) is 23.8 Å². The van der Waals surface area contributed by atoms with Crippen LogP contribution in [0, 0.1) is 6.92 Å². The van der Waals surface area contributed by atoms with Gasteiger partial charge in [0.2, 0.25) is 0 Å². The lowest BCUT2D eigenvalue weighted by molar-refractivity contribution is 0.0695. The highest BCUT2D eigenvalue weighted by Crippen LogP contribution is 2.18. The summed E-state index contributed by atoms with van der Waals surface area (Å²) in [6.07, 6.45) is 0. The van der Waals surface area contributed by atoms with Gasteiger partial charge in [0, 0.05) is 56.5 Å². The molecule has 1 fully saturated rings. The highest BCUT2D eigenvalue weighted by Gasteiger charge is 2.21. The van der Waals surface area contributed by atoms with E-state index in [1.54, 1.807) is 6.07 Å². The summed E-state index contributed by atoms with van der Waals surface area (Å²) < 4.78 is 0. The fourth-order valence-electron chi connectivity index (χ4n) is 3.11. The van der Waals surface area contributed by atoms with Crippen molar-refractivity contribution in [1.29, 1.82) is 0 Å². The molecule has 2 heterocycles. The molecule has 1 aromatic heterocycles. The Kier molecular flexibility index (Phi) is 6.29. The number of likely N-dealkylation sites (N-methyl/N-ethyl adjacent to an activating group) is 1. The molecule has 1 aliphatic heterocycles. The predicted molar refractivity (Wildman–Crippen MR) is 103 cm³/mol. The summed E-state index contributed by atoms with van der Waals surface area (Å²) in [5.74, 6) is -0.0663. The second-order valence-corrected chi connectivity index (χ2v) is 7.31. The van der Waals surface area contributed by atoms with Crippen LogP contribution in [0.1, 0.15) is 21.7 Å². The highest BCUT2D eigenvalue weighted by atomic mass is 35.5. The molecule has 1 N–H and O–H groups in total. The fourth-order valence-corrected chi connectivity index (χ4v) is 3.30. The number of carbonyl (C=O) groups is 1. The molecule has 1 aliphatic rings. The Morgan fingerprint density at radius 1 is 1.27 bits per heavy atom. The van der Waals surface area contributed by atoms with Gasteiger partial charge in [-0.05, 0) is 31.7 Å². The zero-order chi connectivity index (χ0) is 18.5. The topological polar surface area (TPSA) is 55.5 Å². The molecular weight excluding hydrogens is 350 g/mol. The third-order valence-corrected chi connectivity index (χ3v) is 5.18. The third-order valence-electron chi connectivity index (χ3n) is 4.81. The van der Waals surface area contributed by atoms with Gasteiger partial charge in [-0.1, -0.05) is 29.8 Å². The van der Waals surface area contributed by atoms with Crippen molar-refractivity contribution in [3.8, 4) is 0 Å². The summed E-state index contributed by atoms with van der Waals surface area (Å²) in [5, 5.41) is 7.67. The number of nitrogens with zero attached hydrogens (tertiary/aromatic N) is 4. The van der Waals surface area contributed by atoms with Gasteiger partial charge in [0.15, 0.2) is 0 Å². The number of rotatable bonds is 6. The van der Waals surface area contributed by atoms with Crippen molar-refractivity contribution in [1.82, 2.24) is 24.9 Å². The maximum absolute atomic E-state index is 13.0. The average molecular weight is 376 g/mol. The number of benzene rings is 1. The average Bonchev–Trinajstić information content (AvgIpc) is 3.07. The first-order valence-corrected chi connectivity index (χ1v) is 9.36. The van der Waals surface area contributed by atoms with Crippen molar-refractivity contribution in [2.45, 2.75) is 13.5 Å². The van der Waals surface area contributed by atoms with Crippen LogP contribution in [0.2, 0.25) is 5.02 Å². The van der Waals surface area contributed by atoms with Crippen LogP contribution in [0.25, 0.3) is 0 Å². The van der Waals surface area contributed by atoms with Gasteiger partial charge in [-0.25, -0.2) is 0 Å². The molecule has 0 aliphatic carbocycles. The lowest BCUT2D eigenvalue weighted by atomic mass is 10.2. The van der Waals surface area contributed by atoms with Crippen LogP contribution in [0.4, 0.5) is 0 Å². The van der Waals surface area contributed by atoms with Crippen LogP contribution in [0.3, 0.4) is 0 Å². The van der Waals surface area contributed by atoms with E-state index in [0.717, 1.165) is 44.0 Å². The minimum atomic E-state index is -0.0663. The number of hydrogen-bond donors (Lipinski definition) is 1. The number of amides is 1. The first kappa shape index (κ1) is 18.9. The van der Waals surface area contributed by atoms with Gasteiger partial charge < -0.3 is 9.80 Å². The monoisotopic (exact) mass is 375 g/mol. The molecule has 1 amide bonds. The van der Waals surface area contributed by atoms with E-state index in [2.05, 4.69) is 27.0 Å². The van der Waals surface area contributed by atoms with Crippen LogP contribution < -0.4 is 0 Å². The predicted octanol–water partition coefficient (Wildman–Crippen LogP) is 2.26. The zero-order valence-corrected chi connectivity index (χ0v) is 16.2. The molecule has 0 radical (unpaired) electrons. The van der Waals surface area contributed by atoms with Crippen molar-refractivity contribution < 1.29 is 4.79 Å². The molecule has 0 atom stereocenters. The number of halogens is 1. The van der Waals surface area contributed by atoms with Gasteiger partial charge in [0.25, 0.3) is 5.91 Å². The van der Waals surface area contributed by atoms with Gasteiger partial charge >= 0.3 is 0 Å². The fraction of sp³-hybridized carbons (Fsp3) is 0.474. The van der Waals surface area contributed by atoms with E-state index < -0.39 is 0 Å². The number of aromatic amines is 1. The quantitative estimate of drug-likeness (QED) is 0.841. The summed E-state index contributed by atoms with van der Waals surface area (Å²) in [6.45, 7) is 8.09. The maximum atomic E-state index is 13.0. The SMILES string of the molecule is Cc1cc(C(=O)N(CCN2CCN(C)CC2)Cc2ccccc2Cl)n[nH]1. The number of H-pyrrole nitrogens is 1. The lowest BCUT2D eigenvalue weighted by Gasteiger charge is -2.34. The van der Waals surface area contributed by atoms with Crippen LogP contribution in [0.15, 0.2) is 30.3 Å². The van der Waals surface area contributed by atoms with Crippen molar-refractivity contribution >= 4 is 17.5 Å². The molecule has 140 valence electrons. The Morgan fingerprint density at radius 3 is 2.65 bits per heavy atom. The van der Waals surface area contributed by atoms with Crippen molar-refractivity contribution in [3.05, 3.63) is 52.3 Å². The molecule has 1 saturated heterocycles. The molecule has 6 nitrogen and oxygen atoms in total. The Labute approximate surface area is 159 Å². The maximum Gasteiger partial charge on any atom is 0.274 e.